The SMILES string of the molecule is CCOC(=O)C(C)C1CCCc2c1ccc1c2CCc2ccccc2-1. The maximum Gasteiger partial charge on any atom is 0.309 e. The molecular weight excluding hydrogens is 308 g/mol. The van der Waals surface area contributed by atoms with Crippen LogP contribution in [0.1, 0.15) is 54.9 Å². The van der Waals surface area contributed by atoms with Gasteiger partial charge in [0.15, 0.2) is 0 Å². The lowest BCUT2D eigenvalue weighted by molar-refractivity contribution is -0.148. The molecular formula is C23H26O2. The minimum absolute atomic E-state index is 0.0524. The maximum absolute atomic E-state index is 12.3. The van der Waals surface area contributed by atoms with E-state index in [4.69, 9.17) is 4.74 Å². The van der Waals surface area contributed by atoms with E-state index in [1.165, 1.54) is 39.8 Å². The Kier molecular flexibility index (Phi) is 4.37. The zero-order valence-corrected chi connectivity index (χ0v) is 15.2. The third kappa shape index (κ3) is 2.78. The quantitative estimate of drug-likeness (QED) is 0.732. The van der Waals surface area contributed by atoms with Gasteiger partial charge >= 0.3 is 5.97 Å². The molecule has 2 nitrogen and oxygen atoms in total. The minimum atomic E-state index is -0.0621. The highest BCUT2D eigenvalue weighted by molar-refractivity contribution is 5.77. The molecule has 0 fully saturated rings. The summed E-state index contributed by atoms with van der Waals surface area (Å²) in [6.45, 7) is 4.38. The smallest absolute Gasteiger partial charge is 0.309 e. The van der Waals surface area contributed by atoms with Crippen molar-refractivity contribution in [2.24, 2.45) is 5.92 Å². The van der Waals surface area contributed by atoms with Gasteiger partial charge in [-0.05, 0) is 78.3 Å². The molecule has 2 atom stereocenters. The van der Waals surface area contributed by atoms with Gasteiger partial charge in [-0.3, -0.25) is 4.79 Å². The van der Waals surface area contributed by atoms with Crippen molar-refractivity contribution in [1.29, 1.82) is 0 Å². The van der Waals surface area contributed by atoms with E-state index < -0.39 is 0 Å². The molecule has 2 heteroatoms. The number of rotatable bonds is 3. The van der Waals surface area contributed by atoms with Crippen molar-refractivity contribution >= 4 is 5.97 Å². The fraction of sp³-hybridized carbons (Fsp3) is 0.435. The van der Waals surface area contributed by atoms with Crippen LogP contribution in [-0.2, 0) is 28.8 Å². The molecule has 2 aromatic rings. The van der Waals surface area contributed by atoms with Crippen LogP contribution in [-0.4, -0.2) is 12.6 Å². The molecule has 0 saturated heterocycles. The third-order valence-corrected chi connectivity index (χ3v) is 6.02. The van der Waals surface area contributed by atoms with Gasteiger partial charge in [0, 0.05) is 0 Å². The highest BCUT2D eigenvalue weighted by Crippen LogP contribution is 2.44. The van der Waals surface area contributed by atoms with Gasteiger partial charge < -0.3 is 4.74 Å². The Balaban J connectivity index is 1.76. The average molecular weight is 334 g/mol. The number of carbonyl (C=O) groups excluding carboxylic acids is 1. The molecule has 2 aliphatic rings. The molecule has 0 radical (unpaired) electrons. The second-order valence-electron chi connectivity index (χ2n) is 7.36. The summed E-state index contributed by atoms with van der Waals surface area (Å²) in [6, 6.07) is 13.4. The highest BCUT2D eigenvalue weighted by Gasteiger charge is 2.32. The van der Waals surface area contributed by atoms with E-state index in [1.54, 1.807) is 0 Å². The summed E-state index contributed by atoms with van der Waals surface area (Å²) in [5.74, 6) is 0.182. The van der Waals surface area contributed by atoms with E-state index in [0.717, 1.165) is 25.7 Å². The zero-order valence-electron chi connectivity index (χ0n) is 15.2. The van der Waals surface area contributed by atoms with Crippen LogP contribution in [0.15, 0.2) is 36.4 Å². The van der Waals surface area contributed by atoms with Crippen LogP contribution in [0.25, 0.3) is 11.1 Å². The molecule has 25 heavy (non-hydrogen) atoms. The van der Waals surface area contributed by atoms with Gasteiger partial charge in [0.25, 0.3) is 0 Å². The Morgan fingerprint density at radius 1 is 1.08 bits per heavy atom. The van der Waals surface area contributed by atoms with Crippen molar-refractivity contribution in [3.8, 4) is 11.1 Å². The fourth-order valence-electron chi connectivity index (χ4n) is 4.76. The van der Waals surface area contributed by atoms with Crippen molar-refractivity contribution < 1.29 is 9.53 Å². The molecule has 2 aromatic carbocycles. The monoisotopic (exact) mass is 334 g/mol. The largest absolute Gasteiger partial charge is 0.466 e. The van der Waals surface area contributed by atoms with E-state index in [9.17, 15) is 4.79 Å². The second-order valence-corrected chi connectivity index (χ2v) is 7.36. The van der Waals surface area contributed by atoms with Gasteiger partial charge in [0.1, 0.15) is 0 Å². The normalized spacial score (nSPS) is 19.4. The van der Waals surface area contributed by atoms with Crippen LogP contribution in [0.2, 0.25) is 0 Å². The van der Waals surface area contributed by atoms with Gasteiger partial charge in [-0.15, -0.1) is 0 Å². The predicted octanol–water partition coefficient (Wildman–Crippen LogP) is 5.07. The molecule has 0 aromatic heterocycles. The number of hydrogen-bond donors (Lipinski definition) is 0. The van der Waals surface area contributed by atoms with Crippen molar-refractivity contribution in [3.63, 3.8) is 0 Å². The van der Waals surface area contributed by atoms with E-state index in [0.29, 0.717) is 12.5 Å². The molecule has 0 amide bonds. The Morgan fingerprint density at radius 2 is 1.92 bits per heavy atom. The summed E-state index contributed by atoms with van der Waals surface area (Å²) in [4.78, 5) is 12.3. The summed E-state index contributed by atoms with van der Waals surface area (Å²) in [5, 5.41) is 0. The highest BCUT2D eigenvalue weighted by atomic mass is 16.5. The Hall–Kier alpha value is -2.09. The number of aryl methyl sites for hydroxylation is 1. The molecule has 0 bridgehead atoms. The summed E-state index contributed by atoms with van der Waals surface area (Å²) in [6.07, 6.45) is 5.64. The van der Waals surface area contributed by atoms with Crippen molar-refractivity contribution in [2.75, 3.05) is 6.61 Å². The topological polar surface area (TPSA) is 26.3 Å². The number of fused-ring (bicyclic) bond motifs is 5. The van der Waals surface area contributed by atoms with E-state index in [-0.39, 0.29) is 11.9 Å². The molecule has 2 unspecified atom stereocenters. The first-order valence-electron chi connectivity index (χ1n) is 9.60. The Bertz CT molecular complexity index is 806. The number of ether oxygens (including phenoxy) is 1. The van der Waals surface area contributed by atoms with Gasteiger partial charge in [0.05, 0.1) is 12.5 Å². The minimum Gasteiger partial charge on any atom is -0.466 e. The lowest BCUT2D eigenvalue weighted by Gasteiger charge is -2.33. The van der Waals surface area contributed by atoms with Crippen molar-refractivity contribution in [1.82, 2.24) is 0 Å². The van der Waals surface area contributed by atoms with Crippen LogP contribution in [0.3, 0.4) is 0 Å². The van der Waals surface area contributed by atoms with Crippen LogP contribution in [0.5, 0.6) is 0 Å². The number of carbonyl (C=O) groups is 1. The summed E-state index contributed by atoms with van der Waals surface area (Å²) in [5.41, 5.74) is 8.70. The predicted molar refractivity (Wildman–Crippen MR) is 101 cm³/mol. The maximum atomic E-state index is 12.3. The molecule has 4 rings (SSSR count). The number of esters is 1. The van der Waals surface area contributed by atoms with Gasteiger partial charge in [0.2, 0.25) is 0 Å². The Morgan fingerprint density at radius 3 is 2.76 bits per heavy atom. The number of hydrogen-bond acceptors (Lipinski definition) is 2. The average Bonchev–Trinajstić information content (AvgIpc) is 2.66. The van der Waals surface area contributed by atoms with Crippen LogP contribution < -0.4 is 0 Å². The summed E-state index contributed by atoms with van der Waals surface area (Å²) >= 11 is 0. The first kappa shape index (κ1) is 16.4. The van der Waals surface area contributed by atoms with Gasteiger partial charge in [-0.25, -0.2) is 0 Å². The fourth-order valence-corrected chi connectivity index (χ4v) is 4.76. The molecule has 0 heterocycles. The number of benzene rings is 2. The second kappa shape index (κ2) is 6.67. The van der Waals surface area contributed by atoms with E-state index >= 15 is 0 Å². The van der Waals surface area contributed by atoms with Gasteiger partial charge in [-0.1, -0.05) is 43.3 Å². The van der Waals surface area contributed by atoms with Crippen molar-refractivity contribution in [2.45, 2.75) is 51.9 Å². The summed E-state index contributed by atoms with van der Waals surface area (Å²) < 4.78 is 5.29. The first-order chi connectivity index (χ1) is 12.2. The van der Waals surface area contributed by atoms with Crippen LogP contribution in [0.4, 0.5) is 0 Å². The Labute approximate surface area is 150 Å². The molecule has 0 aliphatic heterocycles. The lowest BCUT2D eigenvalue weighted by Crippen LogP contribution is -2.26. The van der Waals surface area contributed by atoms with Gasteiger partial charge in [-0.2, -0.15) is 0 Å². The first-order valence-corrected chi connectivity index (χ1v) is 9.60. The van der Waals surface area contributed by atoms with Crippen molar-refractivity contribution in [3.05, 3.63) is 58.7 Å². The third-order valence-electron chi connectivity index (χ3n) is 6.02. The van der Waals surface area contributed by atoms with Crippen LogP contribution in [0, 0.1) is 5.92 Å². The van der Waals surface area contributed by atoms with E-state index in [2.05, 4.69) is 36.4 Å². The lowest BCUT2D eigenvalue weighted by atomic mass is 9.72. The van der Waals surface area contributed by atoms with Crippen LogP contribution >= 0.6 is 0 Å². The molecule has 130 valence electrons. The molecule has 0 saturated carbocycles. The summed E-state index contributed by atoms with van der Waals surface area (Å²) in [7, 11) is 0. The van der Waals surface area contributed by atoms with E-state index in [1.807, 2.05) is 13.8 Å². The standard InChI is InChI=1S/C23H26O2/c1-3-25-23(24)15(2)17-9-6-10-19-20(17)13-14-21-18-8-5-4-7-16(18)11-12-22(19)21/h4-5,7-8,13-15,17H,3,6,9-12H2,1-2H3. The molecule has 0 N–H and O–H groups in total. The zero-order chi connectivity index (χ0) is 17.4. The molecule has 0 spiro atoms. The molecule has 2 aliphatic carbocycles.